The monoisotopic (exact) mass is 272 g/mol. The van der Waals surface area contributed by atoms with Gasteiger partial charge in [-0.15, -0.1) is 0 Å². The van der Waals surface area contributed by atoms with E-state index in [0.717, 1.165) is 23.3 Å². The quantitative estimate of drug-likeness (QED) is 0.782. The standard InChI is InChI=1S/C10H17BrN4/c1-2-3-4-5-6-13-10-8(11)9(12)14-7-15-10/h7H,2-6H2,1H3,(H3,12,13,14,15). The van der Waals surface area contributed by atoms with Crippen LogP contribution in [-0.2, 0) is 0 Å². The normalized spacial score (nSPS) is 10.3. The van der Waals surface area contributed by atoms with E-state index in [-0.39, 0.29) is 0 Å². The summed E-state index contributed by atoms with van der Waals surface area (Å²) in [6.45, 7) is 3.13. The lowest BCUT2D eigenvalue weighted by Crippen LogP contribution is -2.06. The number of nitrogens with two attached hydrogens (primary N) is 1. The van der Waals surface area contributed by atoms with Crippen LogP contribution in [0.5, 0.6) is 0 Å². The second kappa shape index (κ2) is 6.61. The van der Waals surface area contributed by atoms with Crippen molar-refractivity contribution < 1.29 is 0 Å². The van der Waals surface area contributed by atoms with E-state index in [1.165, 1.54) is 25.6 Å². The first-order chi connectivity index (χ1) is 7.25. The van der Waals surface area contributed by atoms with E-state index in [1.54, 1.807) is 0 Å². The third kappa shape index (κ3) is 4.03. The van der Waals surface area contributed by atoms with Crippen molar-refractivity contribution in [3.05, 3.63) is 10.8 Å². The van der Waals surface area contributed by atoms with E-state index in [0.29, 0.717) is 5.82 Å². The van der Waals surface area contributed by atoms with Gasteiger partial charge in [0.15, 0.2) is 0 Å². The van der Waals surface area contributed by atoms with Crippen molar-refractivity contribution in [2.24, 2.45) is 0 Å². The molecule has 3 N–H and O–H groups in total. The minimum absolute atomic E-state index is 0.473. The Balaban J connectivity index is 2.34. The zero-order chi connectivity index (χ0) is 11.1. The molecule has 0 bridgehead atoms. The first kappa shape index (κ1) is 12.2. The summed E-state index contributed by atoms with van der Waals surface area (Å²) >= 11 is 3.35. The summed E-state index contributed by atoms with van der Waals surface area (Å²) in [5, 5.41) is 3.23. The molecule has 0 spiro atoms. The molecule has 0 atom stereocenters. The summed E-state index contributed by atoms with van der Waals surface area (Å²) < 4.78 is 0.750. The molecule has 0 amide bonds. The summed E-state index contributed by atoms with van der Waals surface area (Å²) in [4.78, 5) is 7.98. The lowest BCUT2D eigenvalue weighted by atomic mass is 10.2. The molecule has 0 aromatic carbocycles. The van der Waals surface area contributed by atoms with Crippen LogP contribution in [0.4, 0.5) is 11.6 Å². The van der Waals surface area contributed by atoms with Crippen LogP contribution < -0.4 is 11.1 Å². The average Bonchev–Trinajstić information content (AvgIpc) is 2.24. The molecule has 15 heavy (non-hydrogen) atoms. The van der Waals surface area contributed by atoms with Crippen molar-refractivity contribution in [1.29, 1.82) is 0 Å². The number of nitrogens with one attached hydrogen (secondary N) is 1. The summed E-state index contributed by atoms with van der Waals surface area (Å²) in [5.41, 5.74) is 5.63. The van der Waals surface area contributed by atoms with Gasteiger partial charge in [-0.05, 0) is 22.4 Å². The van der Waals surface area contributed by atoms with E-state index in [1.807, 2.05) is 0 Å². The van der Waals surface area contributed by atoms with Gasteiger partial charge in [-0.3, -0.25) is 0 Å². The van der Waals surface area contributed by atoms with Crippen molar-refractivity contribution >= 4 is 27.6 Å². The third-order valence-electron chi connectivity index (χ3n) is 2.14. The Bertz CT molecular complexity index is 303. The Morgan fingerprint density at radius 3 is 2.87 bits per heavy atom. The first-order valence-corrected chi connectivity index (χ1v) is 6.04. The first-order valence-electron chi connectivity index (χ1n) is 5.25. The number of rotatable bonds is 6. The second-order valence-corrected chi connectivity index (χ2v) is 4.20. The topological polar surface area (TPSA) is 63.8 Å². The molecule has 1 aromatic heterocycles. The Kier molecular flexibility index (Phi) is 5.39. The van der Waals surface area contributed by atoms with Gasteiger partial charge in [0.1, 0.15) is 22.4 Å². The smallest absolute Gasteiger partial charge is 0.145 e. The fraction of sp³-hybridized carbons (Fsp3) is 0.600. The number of nitrogen functional groups attached to an aromatic ring is 1. The SMILES string of the molecule is CCCCCCNc1ncnc(N)c1Br. The van der Waals surface area contributed by atoms with E-state index >= 15 is 0 Å². The maximum atomic E-state index is 5.63. The maximum Gasteiger partial charge on any atom is 0.145 e. The third-order valence-corrected chi connectivity index (χ3v) is 2.92. The molecule has 4 nitrogen and oxygen atoms in total. The van der Waals surface area contributed by atoms with Gasteiger partial charge in [-0.2, -0.15) is 0 Å². The maximum absolute atomic E-state index is 5.63. The molecule has 1 rings (SSSR count). The largest absolute Gasteiger partial charge is 0.383 e. The Hall–Kier alpha value is -0.840. The number of aromatic nitrogens is 2. The zero-order valence-electron chi connectivity index (χ0n) is 8.96. The molecule has 0 fully saturated rings. The van der Waals surface area contributed by atoms with Crippen molar-refractivity contribution in [3.8, 4) is 0 Å². The van der Waals surface area contributed by atoms with Crippen LogP contribution in [0.25, 0.3) is 0 Å². The molecular formula is C10H17BrN4. The number of hydrogen-bond donors (Lipinski definition) is 2. The molecule has 0 radical (unpaired) electrons. The lowest BCUT2D eigenvalue weighted by molar-refractivity contribution is 0.684. The van der Waals surface area contributed by atoms with Crippen molar-refractivity contribution in [3.63, 3.8) is 0 Å². The highest BCUT2D eigenvalue weighted by molar-refractivity contribution is 9.10. The predicted molar refractivity (Wildman–Crippen MR) is 66.8 cm³/mol. The molecule has 0 unspecified atom stereocenters. The molecule has 0 saturated carbocycles. The van der Waals surface area contributed by atoms with Crippen LogP contribution in [0.1, 0.15) is 32.6 Å². The summed E-state index contributed by atoms with van der Waals surface area (Å²) in [6.07, 6.45) is 6.42. The van der Waals surface area contributed by atoms with Gasteiger partial charge in [0.05, 0.1) is 0 Å². The second-order valence-electron chi connectivity index (χ2n) is 3.41. The number of halogens is 1. The fourth-order valence-corrected chi connectivity index (χ4v) is 1.61. The molecule has 0 aliphatic rings. The van der Waals surface area contributed by atoms with Crippen molar-refractivity contribution in [1.82, 2.24) is 9.97 Å². The van der Waals surface area contributed by atoms with Crippen molar-refractivity contribution in [2.75, 3.05) is 17.6 Å². The highest BCUT2D eigenvalue weighted by Gasteiger charge is 2.04. The number of anilines is 2. The van der Waals surface area contributed by atoms with Gasteiger partial charge < -0.3 is 11.1 Å². The van der Waals surface area contributed by atoms with Gasteiger partial charge in [0.2, 0.25) is 0 Å². The predicted octanol–water partition coefficient (Wildman–Crippen LogP) is 2.81. The summed E-state index contributed by atoms with van der Waals surface area (Å²) in [5.74, 6) is 1.25. The number of hydrogen-bond acceptors (Lipinski definition) is 4. The molecule has 0 saturated heterocycles. The van der Waals surface area contributed by atoms with E-state index in [2.05, 4.69) is 38.1 Å². The Morgan fingerprint density at radius 2 is 2.13 bits per heavy atom. The van der Waals surface area contributed by atoms with Crippen LogP contribution >= 0.6 is 15.9 Å². The van der Waals surface area contributed by atoms with E-state index < -0.39 is 0 Å². The fourth-order valence-electron chi connectivity index (χ4n) is 1.27. The number of nitrogens with zero attached hydrogens (tertiary/aromatic N) is 2. The molecular weight excluding hydrogens is 256 g/mol. The Morgan fingerprint density at radius 1 is 1.33 bits per heavy atom. The van der Waals surface area contributed by atoms with Crippen LogP contribution in [0, 0.1) is 0 Å². The molecule has 1 heterocycles. The minimum Gasteiger partial charge on any atom is -0.383 e. The zero-order valence-corrected chi connectivity index (χ0v) is 10.5. The average molecular weight is 273 g/mol. The lowest BCUT2D eigenvalue weighted by Gasteiger charge is -2.07. The van der Waals surface area contributed by atoms with Crippen molar-refractivity contribution in [2.45, 2.75) is 32.6 Å². The van der Waals surface area contributed by atoms with Crippen LogP contribution in [-0.4, -0.2) is 16.5 Å². The Labute approximate surface area is 98.8 Å². The van der Waals surface area contributed by atoms with Gasteiger partial charge in [-0.25, -0.2) is 9.97 Å². The molecule has 0 aliphatic heterocycles. The summed E-state index contributed by atoms with van der Waals surface area (Å²) in [6, 6.07) is 0. The molecule has 5 heteroatoms. The van der Waals surface area contributed by atoms with Gasteiger partial charge in [0, 0.05) is 6.54 Å². The molecule has 1 aromatic rings. The summed E-state index contributed by atoms with van der Waals surface area (Å²) in [7, 11) is 0. The van der Waals surface area contributed by atoms with Gasteiger partial charge >= 0.3 is 0 Å². The van der Waals surface area contributed by atoms with Crippen LogP contribution in [0.3, 0.4) is 0 Å². The van der Waals surface area contributed by atoms with Gasteiger partial charge in [0.25, 0.3) is 0 Å². The van der Waals surface area contributed by atoms with Gasteiger partial charge in [-0.1, -0.05) is 26.2 Å². The van der Waals surface area contributed by atoms with Crippen LogP contribution in [0.15, 0.2) is 10.8 Å². The number of unbranched alkanes of at least 4 members (excludes halogenated alkanes) is 3. The molecule has 84 valence electrons. The van der Waals surface area contributed by atoms with E-state index in [9.17, 15) is 0 Å². The minimum atomic E-state index is 0.473. The van der Waals surface area contributed by atoms with E-state index in [4.69, 9.17) is 5.73 Å². The highest BCUT2D eigenvalue weighted by Crippen LogP contribution is 2.23. The highest BCUT2D eigenvalue weighted by atomic mass is 79.9. The molecule has 0 aliphatic carbocycles. The van der Waals surface area contributed by atoms with Crippen LogP contribution in [0.2, 0.25) is 0 Å².